The third kappa shape index (κ3) is 3.71. The Labute approximate surface area is 119 Å². The van der Waals surface area contributed by atoms with Crippen LogP contribution in [0.3, 0.4) is 0 Å². The standard InChI is InChI=1S/C15H21ClN2O/c1-15(6-2-3-7-15)10-18-9-12-5-4-11(14(17)19)8-13(12)16/h4-5,8,18H,2-3,6-7,9-10H2,1H3,(H2,17,19). The first-order valence-electron chi connectivity index (χ1n) is 6.79. The monoisotopic (exact) mass is 280 g/mol. The Bertz CT molecular complexity index is 467. The van der Waals surface area contributed by atoms with Gasteiger partial charge in [0.15, 0.2) is 0 Å². The lowest BCUT2D eigenvalue weighted by Crippen LogP contribution is -2.29. The van der Waals surface area contributed by atoms with E-state index in [1.54, 1.807) is 12.1 Å². The van der Waals surface area contributed by atoms with Gasteiger partial charge in [-0.05, 0) is 36.0 Å². The van der Waals surface area contributed by atoms with Crippen LogP contribution in [0.1, 0.15) is 48.5 Å². The molecular formula is C15H21ClN2O. The van der Waals surface area contributed by atoms with Gasteiger partial charge in [0.2, 0.25) is 5.91 Å². The van der Waals surface area contributed by atoms with Crippen LogP contribution in [-0.4, -0.2) is 12.5 Å². The van der Waals surface area contributed by atoms with Crippen molar-refractivity contribution in [3.05, 3.63) is 34.3 Å². The molecule has 2 rings (SSSR count). The quantitative estimate of drug-likeness (QED) is 0.871. The van der Waals surface area contributed by atoms with Gasteiger partial charge in [-0.3, -0.25) is 4.79 Å². The van der Waals surface area contributed by atoms with Gasteiger partial charge in [-0.25, -0.2) is 0 Å². The van der Waals surface area contributed by atoms with Crippen molar-refractivity contribution in [3.63, 3.8) is 0 Å². The molecule has 1 amide bonds. The Morgan fingerprint density at radius 3 is 2.68 bits per heavy atom. The summed E-state index contributed by atoms with van der Waals surface area (Å²) in [6.45, 7) is 4.08. The maximum atomic E-state index is 11.0. The van der Waals surface area contributed by atoms with E-state index in [1.807, 2.05) is 6.07 Å². The summed E-state index contributed by atoms with van der Waals surface area (Å²) in [5, 5.41) is 4.07. The zero-order chi connectivity index (χ0) is 13.9. The van der Waals surface area contributed by atoms with Crippen molar-refractivity contribution in [1.29, 1.82) is 0 Å². The topological polar surface area (TPSA) is 55.1 Å². The van der Waals surface area contributed by atoms with Crippen LogP contribution in [0, 0.1) is 5.41 Å². The van der Waals surface area contributed by atoms with Crippen LogP contribution in [-0.2, 0) is 6.54 Å². The number of hydrogen-bond acceptors (Lipinski definition) is 2. The van der Waals surface area contributed by atoms with Crippen molar-refractivity contribution in [1.82, 2.24) is 5.32 Å². The zero-order valence-electron chi connectivity index (χ0n) is 11.3. The normalized spacial score (nSPS) is 17.6. The molecule has 0 bridgehead atoms. The van der Waals surface area contributed by atoms with E-state index < -0.39 is 5.91 Å². The molecule has 1 fully saturated rings. The molecule has 3 nitrogen and oxygen atoms in total. The van der Waals surface area contributed by atoms with Crippen LogP contribution in [0.4, 0.5) is 0 Å². The molecule has 4 heteroatoms. The van der Waals surface area contributed by atoms with Crippen molar-refractivity contribution in [3.8, 4) is 0 Å². The van der Waals surface area contributed by atoms with E-state index in [0.29, 0.717) is 16.0 Å². The third-order valence-corrected chi connectivity index (χ3v) is 4.37. The highest BCUT2D eigenvalue weighted by atomic mass is 35.5. The van der Waals surface area contributed by atoms with Crippen molar-refractivity contribution in [2.24, 2.45) is 11.1 Å². The highest BCUT2D eigenvalue weighted by Gasteiger charge is 2.27. The number of rotatable bonds is 5. The fourth-order valence-electron chi connectivity index (χ4n) is 2.75. The number of halogens is 1. The van der Waals surface area contributed by atoms with Crippen LogP contribution >= 0.6 is 11.6 Å². The fraction of sp³-hybridized carbons (Fsp3) is 0.533. The lowest BCUT2D eigenvalue weighted by molar-refractivity contribution is 0.100. The summed E-state index contributed by atoms with van der Waals surface area (Å²) in [6.07, 6.45) is 5.28. The van der Waals surface area contributed by atoms with Gasteiger partial charge in [-0.1, -0.05) is 37.4 Å². The first kappa shape index (κ1) is 14.4. The van der Waals surface area contributed by atoms with Crippen LogP contribution in [0.15, 0.2) is 18.2 Å². The Balaban J connectivity index is 1.91. The van der Waals surface area contributed by atoms with Crippen LogP contribution in [0.25, 0.3) is 0 Å². The first-order valence-corrected chi connectivity index (χ1v) is 7.17. The molecule has 104 valence electrons. The molecule has 0 unspecified atom stereocenters. The second-order valence-electron chi connectivity index (χ2n) is 5.79. The maximum absolute atomic E-state index is 11.0. The number of primary amides is 1. The molecule has 0 atom stereocenters. The van der Waals surface area contributed by atoms with Gasteiger partial charge in [0, 0.05) is 23.7 Å². The predicted octanol–water partition coefficient (Wildman–Crippen LogP) is 3.11. The van der Waals surface area contributed by atoms with E-state index in [-0.39, 0.29) is 0 Å². The van der Waals surface area contributed by atoms with Crippen molar-refractivity contribution < 1.29 is 4.79 Å². The molecule has 1 aromatic rings. The number of nitrogens with two attached hydrogens (primary N) is 1. The molecule has 3 N–H and O–H groups in total. The summed E-state index contributed by atoms with van der Waals surface area (Å²) in [6, 6.07) is 5.23. The van der Waals surface area contributed by atoms with E-state index in [0.717, 1.165) is 18.7 Å². The molecule has 0 aromatic heterocycles. The van der Waals surface area contributed by atoms with E-state index in [9.17, 15) is 4.79 Å². The Morgan fingerprint density at radius 2 is 2.11 bits per heavy atom. The van der Waals surface area contributed by atoms with E-state index in [2.05, 4.69) is 12.2 Å². The zero-order valence-corrected chi connectivity index (χ0v) is 12.1. The SMILES string of the molecule is CC1(CNCc2ccc(C(N)=O)cc2Cl)CCCC1. The molecule has 0 aliphatic heterocycles. The molecule has 0 heterocycles. The predicted molar refractivity (Wildman–Crippen MR) is 78.3 cm³/mol. The van der Waals surface area contributed by atoms with Crippen molar-refractivity contribution in [2.75, 3.05) is 6.54 Å². The average molecular weight is 281 g/mol. The number of benzene rings is 1. The van der Waals surface area contributed by atoms with Crippen molar-refractivity contribution >= 4 is 17.5 Å². The lowest BCUT2D eigenvalue weighted by Gasteiger charge is -2.24. The minimum atomic E-state index is -0.445. The van der Waals surface area contributed by atoms with Crippen molar-refractivity contribution in [2.45, 2.75) is 39.2 Å². The van der Waals surface area contributed by atoms with Gasteiger partial charge in [0.05, 0.1) is 0 Å². The summed E-state index contributed by atoms with van der Waals surface area (Å²) in [5.41, 5.74) is 7.11. The Hall–Kier alpha value is -1.06. The number of hydrogen-bond donors (Lipinski definition) is 2. The van der Waals surface area contributed by atoms with Gasteiger partial charge >= 0.3 is 0 Å². The van der Waals surface area contributed by atoms with Crippen LogP contribution in [0.2, 0.25) is 5.02 Å². The summed E-state index contributed by atoms with van der Waals surface area (Å²) in [7, 11) is 0. The lowest BCUT2D eigenvalue weighted by atomic mass is 9.89. The average Bonchev–Trinajstić information content (AvgIpc) is 2.78. The smallest absolute Gasteiger partial charge is 0.248 e. The fourth-order valence-corrected chi connectivity index (χ4v) is 3.00. The minimum absolute atomic E-state index is 0.430. The Morgan fingerprint density at radius 1 is 1.42 bits per heavy atom. The second kappa shape index (κ2) is 5.93. The van der Waals surface area contributed by atoms with Gasteiger partial charge in [-0.15, -0.1) is 0 Å². The van der Waals surface area contributed by atoms with Gasteiger partial charge in [0.1, 0.15) is 0 Å². The second-order valence-corrected chi connectivity index (χ2v) is 6.20. The number of nitrogens with one attached hydrogen (secondary N) is 1. The molecule has 1 aromatic carbocycles. The van der Waals surface area contributed by atoms with Crippen LogP contribution < -0.4 is 11.1 Å². The molecule has 1 aliphatic carbocycles. The first-order chi connectivity index (χ1) is 9.00. The molecule has 19 heavy (non-hydrogen) atoms. The highest BCUT2D eigenvalue weighted by Crippen LogP contribution is 2.36. The summed E-state index contributed by atoms with van der Waals surface area (Å²) < 4.78 is 0. The molecule has 0 radical (unpaired) electrons. The summed E-state index contributed by atoms with van der Waals surface area (Å²) in [4.78, 5) is 11.0. The third-order valence-electron chi connectivity index (χ3n) is 4.02. The van der Waals surface area contributed by atoms with Gasteiger partial charge in [-0.2, -0.15) is 0 Å². The minimum Gasteiger partial charge on any atom is -0.366 e. The number of carbonyl (C=O) groups excluding carboxylic acids is 1. The van der Waals surface area contributed by atoms with E-state index >= 15 is 0 Å². The Kier molecular flexibility index (Phi) is 4.48. The number of amides is 1. The highest BCUT2D eigenvalue weighted by molar-refractivity contribution is 6.31. The molecule has 1 saturated carbocycles. The van der Waals surface area contributed by atoms with Gasteiger partial charge < -0.3 is 11.1 Å². The molecule has 0 saturated heterocycles. The van der Waals surface area contributed by atoms with Crippen LogP contribution in [0.5, 0.6) is 0 Å². The molecule has 0 spiro atoms. The molecular weight excluding hydrogens is 260 g/mol. The summed E-state index contributed by atoms with van der Waals surface area (Å²) in [5.74, 6) is -0.445. The van der Waals surface area contributed by atoms with Gasteiger partial charge in [0.25, 0.3) is 0 Å². The molecule has 1 aliphatic rings. The largest absolute Gasteiger partial charge is 0.366 e. The number of carbonyl (C=O) groups is 1. The maximum Gasteiger partial charge on any atom is 0.248 e. The van der Waals surface area contributed by atoms with E-state index in [4.69, 9.17) is 17.3 Å². The van der Waals surface area contributed by atoms with E-state index in [1.165, 1.54) is 25.7 Å². The summed E-state index contributed by atoms with van der Waals surface area (Å²) >= 11 is 6.16.